The maximum absolute atomic E-state index is 12.2. The minimum atomic E-state index is -3.06. The Balaban J connectivity index is 2.11. The van der Waals surface area contributed by atoms with Crippen molar-refractivity contribution in [1.29, 1.82) is 0 Å². The fourth-order valence-electron chi connectivity index (χ4n) is 2.20. The lowest BCUT2D eigenvalue weighted by atomic mass is 10.3. The van der Waals surface area contributed by atoms with Gasteiger partial charge in [0, 0.05) is 48.4 Å². The van der Waals surface area contributed by atoms with Gasteiger partial charge in [0.2, 0.25) is 0 Å². The first-order chi connectivity index (χ1) is 10.1. The number of thioether (sulfide) groups is 1. The summed E-state index contributed by atoms with van der Waals surface area (Å²) < 4.78 is 28.5. The van der Waals surface area contributed by atoms with Crippen molar-refractivity contribution in [2.75, 3.05) is 35.7 Å². The SMILES string of the molecule is CCCNc1snnc1CN1CCSCC1S(=O)(=O)CC. The second-order valence-electron chi connectivity index (χ2n) is 4.93. The van der Waals surface area contributed by atoms with E-state index in [9.17, 15) is 8.42 Å². The molecule has 6 nitrogen and oxygen atoms in total. The number of hydrogen-bond acceptors (Lipinski definition) is 8. The summed E-state index contributed by atoms with van der Waals surface area (Å²) in [5, 5.41) is 8.04. The van der Waals surface area contributed by atoms with Crippen molar-refractivity contribution in [3.8, 4) is 0 Å². The smallest absolute Gasteiger partial charge is 0.166 e. The van der Waals surface area contributed by atoms with Crippen molar-refractivity contribution in [2.45, 2.75) is 32.2 Å². The first kappa shape index (κ1) is 17.0. The van der Waals surface area contributed by atoms with Crippen molar-refractivity contribution >= 4 is 38.1 Å². The first-order valence-electron chi connectivity index (χ1n) is 7.17. The van der Waals surface area contributed by atoms with Gasteiger partial charge in [-0.1, -0.05) is 18.3 Å². The summed E-state index contributed by atoms with van der Waals surface area (Å²) in [4.78, 5) is 2.03. The van der Waals surface area contributed by atoms with E-state index in [1.165, 1.54) is 11.5 Å². The summed E-state index contributed by atoms with van der Waals surface area (Å²) in [6, 6.07) is 0. The van der Waals surface area contributed by atoms with Gasteiger partial charge in [0.1, 0.15) is 16.1 Å². The molecule has 21 heavy (non-hydrogen) atoms. The number of aromatic nitrogens is 2. The predicted octanol–water partition coefficient (Wildman–Crippen LogP) is 1.67. The van der Waals surface area contributed by atoms with E-state index in [-0.39, 0.29) is 5.75 Å². The molecule has 1 fully saturated rings. The van der Waals surface area contributed by atoms with Gasteiger partial charge in [0.15, 0.2) is 9.84 Å². The van der Waals surface area contributed by atoms with E-state index in [2.05, 4.69) is 21.8 Å². The highest BCUT2D eigenvalue weighted by molar-refractivity contribution is 8.01. The number of nitrogens with one attached hydrogen (secondary N) is 1. The van der Waals surface area contributed by atoms with Gasteiger partial charge in [-0.3, -0.25) is 4.90 Å². The molecule has 0 aliphatic carbocycles. The zero-order valence-electron chi connectivity index (χ0n) is 12.4. The second kappa shape index (κ2) is 7.75. The average Bonchev–Trinajstić information content (AvgIpc) is 2.92. The number of rotatable bonds is 7. The average molecular weight is 351 g/mol. The van der Waals surface area contributed by atoms with Gasteiger partial charge >= 0.3 is 0 Å². The summed E-state index contributed by atoms with van der Waals surface area (Å²) in [6.07, 6.45) is 1.03. The van der Waals surface area contributed by atoms with Crippen LogP contribution in [-0.4, -0.2) is 58.6 Å². The molecule has 0 bridgehead atoms. The number of hydrogen-bond donors (Lipinski definition) is 1. The van der Waals surface area contributed by atoms with E-state index in [0.29, 0.717) is 12.3 Å². The molecule has 0 radical (unpaired) electrons. The first-order valence-corrected chi connectivity index (χ1v) is 10.8. The fourth-order valence-corrected chi connectivity index (χ4v) is 5.87. The van der Waals surface area contributed by atoms with Gasteiger partial charge in [-0.25, -0.2) is 8.42 Å². The molecule has 2 heterocycles. The zero-order chi connectivity index (χ0) is 15.3. The topological polar surface area (TPSA) is 75.2 Å². The molecule has 1 aromatic rings. The van der Waals surface area contributed by atoms with E-state index in [4.69, 9.17) is 0 Å². The highest BCUT2D eigenvalue weighted by atomic mass is 32.2. The molecular weight excluding hydrogens is 328 g/mol. The third kappa shape index (κ3) is 4.30. The lowest BCUT2D eigenvalue weighted by Gasteiger charge is -2.34. The van der Waals surface area contributed by atoms with Gasteiger partial charge in [0.25, 0.3) is 0 Å². The molecule has 0 aromatic carbocycles. The Bertz CT molecular complexity index is 546. The van der Waals surface area contributed by atoms with Crippen LogP contribution in [-0.2, 0) is 16.4 Å². The van der Waals surface area contributed by atoms with Crippen LogP contribution in [0.4, 0.5) is 5.00 Å². The highest BCUT2D eigenvalue weighted by Crippen LogP contribution is 2.26. The zero-order valence-corrected chi connectivity index (χ0v) is 14.9. The minimum Gasteiger partial charge on any atom is -0.374 e. The minimum absolute atomic E-state index is 0.185. The van der Waals surface area contributed by atoms with Crippen LogP contribution in [0.3, 0.4) is 0 Å². The highest BCUT2D eigenvalue weighted by Gasteiger charge is 2.33. The number of anilines is 1. The molecule has 1 atom stereocenters. The van der Waals surface area contributed by atoms with Gasteiger partial charge in [-0.05, 0) is 6.42 Å². The van der Waals surface area contributed by atoms with Gasteiger partial charge in [-0.2, -0.15) is 11.8 Å². The predicted molar refractivity (Wildman–Crippen MR) is 89.7 cm³/mol. The molecule has 1 aliphatic heterocycles. The molecule has 120 valence electrons. The Morgan fingerprint density at radius 3 is 2.95 bits per heavy atom. The van der Waals surface area contributed by atoms with Crippen molar-refractivity contribution in [2.24, 2.45) is 0 Å². The van der Waals surface area contributed by atoms with E-state index in [0.717, 1.165) is 36.0 Å². The van der Waals surface area contributed by atoms with Crippen LogP contribution in [0.2, 0.25) is 0 Å². The van der Waals surface area contributed by atoms with Crippen LogP contribution in [0.5, 0.6) is 0 Å². The van der Waals surface area contributed by atoms with E-state index >= 15 is 0 Å². The Morgan fingerprint density at radius 2 is 2.24 bits per heavy atom. The molecule has 1 aromatic heterocycles. The largest absolute Gasteiger partial charge is 0.374 e. The summed E-state index contributed by atoms with van der Waals surface area (Å²) >= 11 is 3.05. The van der Waals surface area contributed by atoms with E-state index < -0.39 is 15.2 Å². The normalized spacial score (nSPS) is 20.6. The van der Waals surface area contributed by atoms with E-state index in [1.807, 2.05) is 4.90 Å². The number of nitrogens with zero attached hydrogens (tertiary/aromatic N) is 3. The maximum Gasteiger partial charge on any atom is 0.166 e. The molecule has 9 heteroatoms. The van der Waals surface area contributed by atoms with Crippen molar-refractivity contribution in [1.82, 2.24) is 14.5 Å². The van der Waals surface area contributed by atoms with Gasteiger partial charge in [-0.15, -0.1) is 5.10 Å². The molecule has 0 amide bonds. The second-order valence-corrected chi connectivity index (χ2v) is 9.28. The summed E-state index contributed by atoms with van der Waals surface area (Å²) in [7, 11) is -3.06. The third-order valence-corrected chi connectivity index (χ3v) is 7.51. The monoisotopic (exact) mass is 350 g/mol. The van der Waals surface area contributed by atoms with Crippen LogP contribution in [0.15, 0.2) is 0 Å². The van der Waals surface area contributed by atoms with Gasteiger partial charge < -0.3 is 5.32 Å². The maximum atomic E-state index is 12.2. The molecule has 1 aliphatic rings. The summed E-state index contributed by atoms with van der Waals surface area (Å²) in [5.41, 5.74) is 0.858. The number of sulfone groups is 1. The van der Waals surface area contributed by atoms with Crippen LogP contribution < -0.4 is 5.32 Å². The molecule has 1 saturated heterocycles. The quantitative estimate of drug-likeness (QED) is 0.801. The molecule has 1 unspecified atom stereocenters. The summed E-state index contributed by atoms with van der Waals surface area (Å²) in [6.45, 7) is 6.02. The van der Waals surface area contributed by atoms with Crippen molar-refractivity contribution in [3.05, 3.63) is 5.69 Å². The van der Waals surface area contributed by atoms with Crippen LogP contribution in [0.25, 0.3) is 0 Å². The van der Waals surface area contributed by atoms with Crippen molar-refractivity contribution in [3.63, 3.8) is 0 Å². The standard InChI is InChI=1S/C12H22N4O2S3/c1-3-5-13-12-10(14-15-20-12)8-16-6-7-19-9-11(16)21(17,18)4-2/h11,13H,3-9H2,1-2H3. The lowest BCUT2D eigenvalue weighted by molar-refractivity contribution is 0.259. The molecule has 2 rings (SSSR count). The van der Waals surface area contributed by atoms with Gasteiger partial charge in [0.05, 0.1) is 0 Å². The molecule has 1 N–H and O–H groups in total. The Morgan fingerprint density at radius 1 is 1.43 bits per heavy atom. The molecule has 0 spiro atoms. The Kier molecular flexibility index (Phi) is 6.27. The Hall–Kier alpha value is -0.380. The van der Waals surface area contributed by atoms with Crippen LogP contribution in [0, 0.1) is 0 Å². The lowest BCUT2D eigenvalue weighted by Crippen LogP contribution is -2.47. The fraction of sp³-hybridized carbons (Fsp3) is 0.833. The van der Waals surface area contributed by atoms with E-state index in [1.54, 1.807) is 18.7 Å². The summed E-state index contributed by atoms with van der Waals surface area (Å²) in [5.74, 6) is 1.79. The molecular formula is C12H22N4O2S3. The van der Waals surface area contributed by atoms with Crippen LogP contribution in [0.1, 0.15) is 26.0 Å². The Labute approximate surface area is 134 Å². The third-order valence-electron chi connectivity index (χ3n) is 3.45. The van der Waals surface area contributed by atoms with Crippen molar-refractivity contribution < 1.29 is 8.42 Å². The van der Waals surface area contributed by atoms with Crippen LogP contribution >= 0.6 is 23.3 Å². The molecule has 0 saturated carbocycles.